The molecule has 2 rings (SSSR count). The standard InChI is InChI=1S/C14H20ClN5O/c1-5-19-12(6-7-16-19)9(2)17-13(21)8-20-11(4)14(15)10(3)18-20/h6-7,9H,5,8H2,1-4H3,(H,17,21). The third-order valence-corrected chi connectivity index (χ3v) is 4.00. The molecule has 1 atom stereocenters. The Kier molecular flexibility index (Phi) is 4.67. The van der Waals surface area contributed by atoms with E-state index in [1.54, 1.807) is 10.9 Å². The van der Waals surface area contributed by atoms with Gasteiger partial charge in [0.2, 0.25) is 5.91 Å². The van der Waals surface area contributed by atoms with Crippen molar-refractivity contribution in [1.29, 1.82) is 0 Å². The molecule has 1 unspecified atom stereocenters. The summed E-state index contributed by atoms with van der Waals surface area (Å²) in [5.41, 5.74) is 2.52. The fourth-order valence-corrected chi connectivity index (χ4v) is 2.44. The fraction of sp³-hybridized carbons (Fsp3) is 0.500. The zero-order valence-corrected chi connectivity index (χ0v) is 13.5. The van der Waals surface area contributed by atoms with Crippen LogP contribution in [-0.4, -0.2) is 25.5 Å². The van der Waals surface area contributed by atoms with Gasteiger partial charge in [-0.1, -0.05) is 11.6 Å². The molecule has 2 aromatic rings. The lowest BCUT2D eigenvalue weighted by Gasteiger charge is -2.15. The fourth-order valence-electron chi connectivity index (χ4n) is 2.30. The van der Waals surface area contributed by atoms with E-state index in [0.717, 1.165) is 23.6 Å². The summed E-state index contributed by atoms with van der Waals surface area (Å²) < 4.78 is 3.49. The van der Waals surface area contributed by atoms with Gasteiger partial charge in [0.15, 0.2) is 0 Å². The third kappa shape index (κ3) is 3.26. The van der Waals surface area contributed by atoms with Crippen molar-refractivity contribution >= 4 is 17.5 Å². The molecule has 7 heteroatoms. The van der Waals surface area contributed by atoms with Gasteiger partial charge in [-0.15, -0.1) is 0 Å². The summed E-state index contributed by atoms with van der Waals surface area (Å²) in [5.74, 6) is -0.103. The molecule has 1 amide bonds. The summed E-state index contributed by atoms with van der Waals surface area (Å²) in [5, 5.41) is 12.0. The number of carbonyl (C=O) groups is 1. The number of nitrogens with zero attached hydrogens (tertiary/aromatic N) is 4. The number of aromatic nitrogens is 4. The molecule has 0 saturated carbocycles. The number of halogens is 1. The van der Waals surface area contributed by atoms with E-state index >= 15 is 0 Å². The molecule has 0 saturated heterocycles. The van der Waals surface area contributed by atoms with Gasteiger partial charge in [-0.25, -0.2) is 0 Å². The SMILES string of the molecule is CCn1nccc1C(C)NC(=O)Cn1nc(C)c(Cl)c1C. The molecule has 0 bridgehead atoms. The molecule has 21 heavy (non-hydrogen) atoms. The highest BCUT2D eigenvalue weighted by Crippen LogP contribution is 2.19. The van der Waals surface area contributed by atoms with E-state index in [-0.39, 0.29) is 18.5 Å². The summed E-state index contributed by atoms with van der Waals surface area (Å²) in [6.07, 6.45) is 1.74. The van der Waals surface area contributed by atoms with Crippen LogP contribution in [0.2, 0.25) is 5.02 Å². The molecule has 0 fully saturated rings. The van der Waals surface area contributed by atoms with E-state index in [4.69, 9.17) is 11.6 Å². The normalized spacial score (nSPS) is 12.4. The third-order valence-electron chi connectivity index (χ3n) is 3.46. The number of hydrogen-bond donors (Lipinski definition) is 1. The quantitative estimate of drug-likeness (QED) is 0.921. The molecule has 0 aliphatic heterocycles. The highest BCUT2D eigenvalue weighted by atomic mass is 35.5. The maximum Gasteiger partial charge on any atom is 0.242 e. The molecular formula is C14H20ClN5O. The summed E-state index contributed by atoms with van der Waals surface area (Å²) in [6, 6.07) is 1.81. The van der Waals surface area contributed by atoms with Crippen LogP contribution in [0.15, 0.2) is 12.3 Å². The summed E-state index contributed by atoms with van der Waals surface area (Å²) in [4.78, 5) is 12.1. The maximum absolute atomic E-state index is 12.1. The van der Waals surface area contributed by atoms with Crippen LogP contribution in [0.1, 0.15) is 37.0 Å². The zero-order chi connectivity index (χ0) is 15.6. The first-order valence-electron chi connectivity index (χ1n) is 6.94. The Hall–Kier alpha value is -1.82. The molecule has 2 heterocycles. The second-order valence-corrected chi connectivity index (χ2v) is 5.38. The summed E-state index contributed by atoms with van der Waals surface area (Å²) in [7, 11) is 0. The number of hydrogen-bond acceptors (Lipinski definition) is 3. The molecular weight excluding hydrogens is 290 g/mol. The van der Waals surface area contributed by atoms with Gasteiger partial charge in [0, 0.05) is 12.7 Å². The number of nitrogens with one attached hydrogen (secondary N) is 1. The lowest BCUT2D eigenvalue weighted by atomic mass is 10.2. The number of aryl methyl sites for hydroxylation is 2. The first kappa shape index (κ1) is 15.6. The Morgan fingerprint density at radius 3 is 2.71 bits per heavy atom. The topological polar surface area (TPSA) is 64.7 Å². The van der Waals surface area contributed by atoms with Crippen LogP contribution in [-0.2, 0) is 17.9 Å². The van der Waals surface area contributed by atoms with Crippen molar-refractivity contribution < 1.29 is 4.79 Å². The average Bonchev–Trinajstić information content (AvgIpc) is 3.00. The van der Waals surface area contributed by atoms with Crippen molar-refractivity contribution in [2.75, 3.05) is 0 Å². The van der Waals surface area contributed by atoms with Gasteiger partial charge in [-0.3, -0.25) is 14.2 Å². The van der Waals surface area contributed by atoms with Gasteiger partial charge >= 0.3 is 0 Å². The number of amides is 1. The lowest BCUT2D eigenvalue weighted by molar-refractivity contribution is -0.122. The van der Waals surface area contributed by atoms with Crippen molar-refractivity contribution in [3.8, 4) is 0 Å². The molecule has 114 valence electrons. The highest BCUT2D eigenvalue weighted by Gasteiger charge is 2.16. The lowest BCUT2D eigenvalue weighted by Crippen LogP contribution is -2.31. The van der Waals surface area contributed by atoms with E-state index in [1.807, 2.05) is 38.4 Å². The molecule has 0 aromatic carbocycles. The maximum atomic E-state index is 12.1. The van der Waals surface area contributed by atoms with Crippen LogP contribution < -0.4 is 5.32 Å². The number of carbonyl (C=O) groups excluding carboxylic acids is 1. The monoisotopic (exact) mass is 309 g/mol. The second-order valence-electron chi connectivity index (χ2n) is 5.00. The molecule has 6 nitrogen and oxygen atoms in total. The molecule has 0 aliphatic carbocycles. The minimum absolute atomic E-state index is 0.103. The molecule has 1 N–H and O–H groups in total. The minimum Gasteiger partial charge on any atom is -0.346 e. The smallest absolute Gasteiger partial charge is 0.242 e. The first-order chi connectivity index (χ1) is 9.93. The van der Waals surface area contributed by atoms with Crippen molar-refractivity contribution in [1.82, 2.24) is 24.9 Å². The van der Waals surface area contributed by atoms with E-state index in [1.165, 1.54) is 0 Å². The van der Waals surface area contributed by atoms with Crippen molar-refractivity contribution in [2.24, 2.45) is 0 Å². The second kappa shape index (κ2) is 6.30. The van der Waals surface area contributed by atoms with Gasteiger partial charge in [0.25, 0.3) is 0 Å². The predicted octanol–water partition coefficient (Wildman–Crippen LogP) is 2.25. The van der Waals surface area contributed by atoms with Crippen LogP contribution in [0.3, 0.4) is 0 Å². The van der Waals surface area contributed by atoms with E-state index in [2.05, 4.69) is 15.5 Å². The van der Waals surface area contributed by atoms with E-state index in [9.17, 15) is 4.79 Å². The first-order valence-corrected chi connectivity index (χ1v) is 7.32. The summed E-state index contributed by atoms with van der Waals surface area (Å²) >= 11 is 6.08. The summed E-state index contributed by atoms with van der Waals surface area (Å²) in [6.45, 7) is 8.56. The van der Waals surface area contributed by atoms with Gasteiger partial charge in [-0.05, 0) is 33.8 Å². The number of rotatable bonds is 5. The molecule has 2 aromatic heterocycles. The molecule has 0 spiro atoms. The van der Waals surface area contributed by atoms with Crippen molar-refractivity contribution in [2.45, 2.75) is 46.8 Å². The van der Waals surface area contributed by atoms with Gasteiger partial charge in [0.1, 0.15) is 6.54 Å². The van der Waals surface area contributed by atoms with Crippen LogP contribution in [0.25, 0.3) is 0 Å². The predicted molar refractivity (Wildman–Crippen MR) is 81.2 cm³/mol. The Labute approximate surface area is 129 Å². The van der Waals surface area contributed by atoms with E-state index in [0.29, 0.717) is 5.02 Å². The van der Waals surface area contributed by atoms with Crippen LogP contribution >= 0.6 is 11.6 Å². The largest absolute Gasteiger partial charge is 0.346 e. The molecule has 0 aliphatic rings. The van der Waals surface area contributed by atoms with Crippen molar-refractivity contribution in [3.63, 3.8) is 0 Å². The zero-order valence-electron chi connectivity index (χ0n) is 12.7. The Balaban J connectivity index is 2.03. The van der Waals surface area contributed by atoms with Crippen LogP contribution in [0.5, 0.6) is 0 Å². The average molecular weight is 310 g/mol. The minimum atomic E-state index is -0.104. The van der Waals surface area contributed by atoms with E-state index < -0.39 is 0 Å². The van der Waals surface area contributed by atoms with Crippen molar-refractivity contribution in [3.05, 3.63) is 34.4 Å². The van der Waals surface area contributed by atoms with Crippen LogP contribution in [0, 0.1) is 13.8 Å². The Morgan fingerprint density at radius 1 is 1.43 bits per heavy atom. The molecule has 0 radical (unpaired) electrons. The van der Waals surface area contributed by atoms with Crippen LogP contribution in [0.4, 0.5) is 0 Å². The van der Waals surface area contributed by atoms with Gasteiger partial charge < -0.3 is 5.32 Å². The van der Waals surface area contributed by atoms with Gasteiger partial charge in [-0.2, -0.15) is 10.2 Å². The Bertz CT molecular complexity index is 646. The Morgan fingerprint density at radius 2 is 2.14 bits per heavy atom. The highest BCUT2D eigenvalue weighted by molar-refractivity contribution is 6.31. The van der Waals surface area contributed by atoms with Gasteiger partial charge in [0.05, 0.1) is 28.1 Å².